The summed E-state index contributed by atoms with van der Waals surface area (Å²) >= 11 is 0. The summed E-state index contributed by atoms with van der Waals surface area (Å²) in [6, 6.07) is 26.4. The third-order valence-corrected chi connectivity index (χ3v) is 6.52. The van der Waals surface area contributed by atoms with Crippen molar-refractivity contribution in [2.24, 2.45) is 7.05 Å². The van der Waals surface area contributed by atoms with Gasteiger partial charge in [0, 0.05) is 44.4 Å². The molecule has 2 heterocycles. The predicted octanol–water partition coefficient (Wildman–Crippen LogP) is 5.18. The number of rotatable bonds is 8. The van der Waals surface area contributed by atoms with Gasteiger partial charge in [-0.25, -0.2) is 9.67 Å². The molecule has 0 unspecified atom stereocenters. The van der Waals surface area contributed by atoms with Crippen LogP contribution in [0.4, 0.5) is 5.69 Å². The second kappa shape index (κ2) is 11.2. The lowest BCUT2D eigenvalue weighted by molar-refractivity contribution is -0.120. The first-order valence-corrected chi connectivity index (χ1v) is 12.8. The van der Waals surface area contributed by atoms with Gasteiger partial charge in [-0.05, 0) is 48.4 Å². The molecule has 5 aromatic rings. The lowest BCUT2D eigenvalue weighted by Crippen LogP contribution is -2.18. The second-order valence-electron chi connectivity index (χ2n) is 9.47. The first-order chi connectivity index (χ1) is 18.9. The van der Waals surface area contributed by atoms with Crippen molar-refractivity contribution in [1.82, 2.24) is 24.6 Å². The molecule has 0 aliphatic carbocycles. The lowest BCUT2D eigenvalue weighted by atomic mass is 10.0. The van der Waals surface area contributed by atoms with Gasteiger partial charge in [0.2, 0.25) is 5.91 Å². The van der Waals surface area contributed by atoms with Crippen LogP contribution in [-0.2, 0) is 18.3 Å². The number of benzene rings is 3. The molecule has 2 amide bonds. The van der Waals surface area contributed by atoms with Crippen molar-refractivity contribution in [3.05, 3.63) is 108 Å². The van der Waals surface area contributed by atoms with E-state index in [0.717, 1.165) is 33.8 Å². The Kier molecular flexibility index (Phi) is 7.36. The van der Waals surface area contributed by atoms with E-state index >= 15 is 0 Å². The SMILES string of the molecule is CNC(=O)CCc1cc(-c2ccc(-c3ccc(C)cc3)cc2)n(-c2ccc(NC(=O)c3cn(C)cn3)cc2)n1. The number of nitrogens with zero attached hydrogens (tertiary/aromatic N) is 4. The predicted molar refractivity (Wildman–Crippen MR) is 153 cm³/mol. The highest BCUT2D eigenvalue weighted by atomic mass is 16.2. The number of amides is 2. The van der Waals surface area contributed by atoms with Crippen LogP contribution in [0.1, 0.15) is 28.2 Å². The minimum absolute atomic E-state index is 0.0263. The first-order valence-electron chi connectivity index (χ1n) is 12.8. The Labute approximate surface area is 227 Å². The Morgan fingerprint density at radius 1 is 0.872 bits per heavy atom. The number of anilines is 1. The highest BCUT2D eigenvalue weighted by Crippen LogP contribution is 2.28. The van der Waals surface area contributed by atoms with Crippen LogP contribution in [0.3, 0.4) is 0 Å². The molecule has 0 fully saturated rings. The zero-order valence-corrected chi connectivity index (χ0v) is 22.2. The smallest absolute Gasteiger partial charge is 0.275 e. The van der Waals surface area contributed by atoms with E-state index in [-0.39, 0.29) is 11.8 Å². The molecule has 0 bridgehead atoms. The fraction of sp³-hybridized carbons (Fsp3) is 0.161. The largest absolute Gasteiger partial charge is 0.359 e. The molecule has 0 radical (unpaired) electrons. The van der Waals surface area contributed by atoms with E-state index in [4.69, 9.17) is 5.10 Å². The molecule has 3 aromatic carbocycles. The van der Waals surface area contributed by atoms with Gasteiger partial charge in [-0.3, -0.25) is 9.59 Å². The highest BCUT2D eigenvalue weighted by molar-refractivity contribution is 6.02. The summed E-state index contributed by atoms with van der Waals surface area (Å²) in [7, 11) is 3.45. The van der Waals surface area contributed by atoms with Gasteiger partial charge < -0.3 is 15.2 Å². The zero-order chi connectivity index (χ0) is 27.4. The molecular weight excluding hydrogens is 488 g/mol. The number of hydrogen-bond acceptors (Lipinski definition) is 4. The van der Waals surface area contributed by atoms with Gasteiger partial charge in [0.15, 0.2) is 0 Å². The number of hydrogen-bond donors (Lipinski definition) is 2. The van der Waals surface area contributed by atoms with Gasteiger partial charge >= 0.3 is 0 Å². The molecule has 0 aliphatic rings. The van der Waals surface area contributed by atoms with Gasteiger partial charge in [-0.2, -0.15) is 5.10 Å². The van der Waals surface area contributed by atoms with Crippen LogP contribution in [0.25, 0.3) is 28.1 Å². The van der Waals surface area contributed by atoms with Crippen molar-refractivity contribution in [3.63, 3.8) is 0 Å². The van der Waals surface area contributed by atoms with Crippen LogP contribution in [0.15, 0.2) is 91.4 Å². The maximum atomic E-state index is 12.5. The van der Waals surface area contributed by atoms with Crippen LogP contribution in [0.5, 0.6) is 0 Å². The van der Waals surface area contributed by atoms with Crippen LogP contribution in [-0.4, -0.2) is 38.2 Å². The molecule has 2 aromatic heterocycles. The number of aryl methyl sites for hydroxylation is 3. The van der Waals surface area contributed by atoms with Crippen molar-refractivity contribution in [2.45, 2.75) is 19.8 Å². The van der Waals surface area contributed by atoms with E-state index in [2.05, 4.69) is 71.1 Å². The van der Waals surface area contributed by atoms with Gasteiger partial charge in [-0.15, -0.1) is 0 Å². The molecule has 2 N–H and O–H groups in total. The molecule has 0 aliphatic heterocycles. The monoisotopic (exact) mass is 518 g/mol. The van der Waals surface area contributed by atoms with Gasteiger partial charge in [-0.1, -0.05) is 54.1 Å². The summed E-state index contributed by atoms with van der Waals surface area (Å²) in [5, 5.41) is 10.4. The molecule has 8 heteroatoms. The maximum absolute atomic E-state index is 12.5. The molecule has 0 atom stereocenters. The first kappa shape index (κ1) is 25.7. The maximum Gasteiger partial charge on any atom is 0.275 e. The Balaban J connectivity index is 1.43. The van der Waals surface area contributed by atoms with Crippen LogP contribution >= 0.6 is 0 Å². The quantitative estimate of drug-likeness (QED) is 0.296. The number of carbonyl (C=O) groups excluding carboxylic acids is 2. The third-order valence-electron chi connectivity index (χ3n) is 6.52. The molecule has 196 valence electrons. The van der Waals surface area contributed by atoms with E-state index in [1.165, 1.54) is 5.56 Å². The van der Waals surface area contributed by atoms with Crippen LogP contribution < -0.4 is 10.6 Å². The standard InChI is InChI=1S/C31H30N6O2/c1-21-4-6-22(7-5-21)23-8-10-24(11-9-23)29-18-26(14-17-30(38)32-2)35-37(29)27-15-12-25(13-16-27)34-31(39)28-19-36(3)20-33-28/h4-13,15-16,18-20H,14,17H2,1-3H3,(H,32,38)(H,34,39). The van der Waals surface area contributed by atoms with Crippen molar-refractivity contribution < 1.29 is 9.59 Å². The average Bonchev–Trinajstić information content (AvgIpc) is 3.59. The number of carbonyl (C=O) groups is 2. The summed E-state index contributed by atoms with van der Waals surface area (Å²) in [6.45, 7) is 2.08. The fourth-order valence-corrected chi connectivity index (χ4v) is 4.31. The third kappa shape index (κ3) is 5.96. The van der Waals surface area contributed by atoms with E-state index in [1.807, 2.05) is 42.1 Å². The molecule has 8 nitrogen and oxygen atoms in total. The van der Waals surface area contributed by atoms with E-state index in [0.29, 0.717) is 24.2 Å². The summed E-state index contributed by atoms with van der Waals surface area (Å²) < 4.78 is 3.61. The molecule has 0 saturated carbocycles. The second-order valence-corrected chi connectivity index (χ2v) is 9.47. The average molecular weight is 519 g/mol. The van der Waals surface area contributed by atoms with E-state index in [9.17, 15) is 9.59 Å². The van der Waals surface area contributed by atoms with E-state index in [1.54, 1.807) is 24.1 Å². The van der Waals surface area contributed by atoms with Crippen LogP contribution in [0.2, 0.25) is 0 Å². The molecular formula is C31H30N6O2. The molecule has 0 spiro atoms. The van der Waals surface area contributed by atoms with Crippen molar-refractivity contribution in [2.75, 3.05) is 12.4 Å². The fourth-order valence-electron chi connectivity index (χ4n) is 4.31. The topological polar surface area (TPSA) is 93.8 Å². The number of nitrogens with one attached hydrogen (secondary N) is 2. The highest BCUT2D eigenvalue weighted by Gasteiger charge is 2.14. The Hall–Kier alpha value is -4.98. The van der Waals surface area contributed by atoms with Crippen molar-refractivity contribution >= 4 is 17.5 Å². The summed E-state index contributed by atoms with van der Waals surface area (Å²) in [6.07, 6.45) is 4.15. The van der Waals surface area contributed by atoms with E-state index < -0.39 is 0 Å². The molecule has 0 saturated heterocycles. The van der Waals surface area contributed by atoms with Crippen molar-refractivity contribution in [1.29, 1.82) is 0 Å². The minimum atomic E-state index is -0.270. The summed E-state index contributed by atoms with van der Waals surface area (Å²) in [5.74, 6) is -0.296. The Bertz CT molecular complexity index is 1600. The zero-order valence-electron chi connectivity index (χ0n) is 22.2. The summed E-state index contributed by atoms with van der Waals surface area (Å²) in [4.78, 5) is 28.4. The van der Waals surface area contributed by atoms with Gasteiger partial charge in [0.05, 0.1) is 23.4 Å². The van der Waals surface area contributed by atoms with Crippen LogP contribution in [0, 0.1) is 6.92 Å². The summed E-state index contributed by atoms with van der Waals surface area (Å²) in [5.41, 5.74) is 8.13. The van der Waals surface area contributed by atoms with Crippen molar-refractivity contribution in [3.8, 4) is 28.1 Å². The Morgan fingerprint density at radius 2 is 1.51 bits per heavy atom. The lowest BCUT2D eigenvalue weighted by Gasteiger charge is -2.10. The van der Waals surface area contributed by atoms with Gasteiger partial charge in [0.25, 0.3) is 5.91 Å². The molecule has 39 heavy (non-hydrogen) atoms. The number of imidazole rings is 1. The van der Waals surface area contributed by atoms with Gasteiger partial charge in [0.1, 0.15) is 5.69 Å². The minimum Gasteiger partial charge on any atom is -0.359 e. The normalized spacial score (nSPS) is 10.8. The molecule has 5 rings (SSSR count). The Morgan fingerprint density at radius 3 is 2.13 bits per heavy atom. The number of aromatic nitrogens is 4.